The van der Waals surface area contributed by atoms with Crippen molar-refractivity contribution in [2.75, 3.05) is 19.7 Å². The highest BCUT2D eigenvalue weighted by Gasteiger charge is 2.38. The minimum absolute atomic E-state index is 0.0387. The van der Waals surface area contributed by atoms with E-state index in [2.05, 4.69) is 83.4 Å². The van der Waals surface area contributed by atoms with E-state index >= 15 is 28.8 Å². The molecule has 620 valence electrons. The van der Waals surface area contributed by atoms with Crippen molar-refractivity contribution < 1.29 is 57.8 Å². The number of aliphatic carboxylic acids is 1. The van der Waals surface area contributed by atoms with E-state index in [4.69, 9.17) is 27.0 Å². The van der Waals surface area contributed by atoms with Gasteiger partial charge in [0, 0.05) is 137 Å². The molecule has 0 saturated carbocycles. The summed E-state index contributed by atoms with van der Waals surface area (Å²) in [5, 5.41) is 59.8. The van der Waals surface area contributed by atoms with Gasteiger partial charge in [-0.05, 0) is 120 Å². The average Bonchev–Trinajstić information content (AvgIpc) is 1.61. The predicted molar refractivity (Wildman–Crippen MR) is 455 cm³/mol. The summed E-state index contributed by atoms with van der Waals surface area (Å²) in [7, 11) is 0. The van der Waals surface area contributed by atoms with Gasteiger partial charge in [0.05, 0.1) is 0 Å². The largest absolute Gasteiger partial charge is 0.480 e. The first-order valence-electron chi connectivity index (χ1n) is 39.7. The maximum absolute atomic E-state index is 15.9. The number of nitrogens with one attached hydrogen (secondary N) is 18. The molecule has 12 aromatic rings. The van der Waals surface area contributed by atoms with Crippen LogP contribution in [0.5, 0.6) is 0 Å². The lowest BCUT2D eigenvalue weighted by Crippen LogP contribution is -2.61. The smallest absolute Gasteiger partial charge is 0.407 e. The number of hydrogen-bond donors (Lipinski definition) is 21. The number of carbonyl (C=O) groups is 10. The fourth-order valence-corrected chi connectivity index (χ4v) is 15.4. The molecule has 0 bridgehead atoms. The number of carboxylic acids is 1. The van der Waals surface area contributed by atoms with Crippen LogP contribution in [0.25, 0.3) is 65.6 Å². The van der Waals surface area contributed by atoms with Gasteiger partial charge in [0.15, 0.2) is 11.9 Å². The van der Waals surface area contributed by atoms with Crippen molar-refractivity contribution in [3.63, 3.8) is 0 Å². The Labute approximate surface area is 688 Å². The van der Waals surface area contributed by atoms with Crippen molar-refractivity contribution in [3.05, 3.63) is 240 Å². The quantitative estimate of drug-likeness (QED) is 0.0119. The Morgan fingerprint density at radius 3 is 0.933 bits per heavy atom. The third kappa shape index (κ3) is 20.4. The third-order valence-corrected chi connectivity index (χ3v) is 21.7. The normalized spacial score (nSPS) is 14.0. The number of H-pyrrole nitrogens is 5. The molecule has 7 aromatic carbocycles. The number of alkyl carbamates (subject to hydrolysis) is 1. The number of benzene rings is 7. The van der Waals surface area contributed by atoms with Crippen LogP contribution in [0.15, 0.2) is 201 Å². The second kappa shape index (κ2) is 38.4. The first-order chi connectivity index (χ1) is 58.0. The van der Waals surface area contributed by atoms with Gasteiger partial charge < -0.3 is 105 Å². The number of guanidine groups is 2. The molecule has 0 fully saturated rings. The molecule has 13 rings (SSSR count). The molecule has 0 saturated heterocycles. The van der Waals surface area contributed by atoms with E-state index in [9.17, 15) is 24.3 Å². The number of rotatable bonds is 38. The van der Waals surface area contributed by atoms with Crippen molar-refractivity contribution in [2.45, 2.75) is 132 Å². The Bertz CT molecular complexity index is 5760. The molecule has 120 heavy (non-hydrogen) atoms. The van der Waals surface area contributed by atoms with Crippen molar-refractivity contribution in [1.29, 1.82) is 10.8 Å². The van der Waals surface area contributed by atoms with Crippen LogP contribution < -0.4 is 70.0 Å². The number of carbonyl (C=O) groups excluding carboxylic acids is 9. The van der Waals surface area contributed by atoms with Gasteiger partial charge in [-0.3, -0.25) is 54.0 Å². The fraction of sp³-hybridized carbons (Fsp3) is 0.273. The molecule has 0 aliphatic heterocycles. The molecule has 1 aliphatic carbocycles. The van der Waals surface area contributed by atoms with Gasteiger partial charge in [-0.1, -0.05) is 140 Å². The number of ether oxygens (including phenoxy) is 1. The Morgan fingerprint density at radius 1 is 0.358 bits per heavy atom. The van der Waals surface area contributed by atoms with Crippen LogP contribution in [0.1, 0.15) is 84.4 Å². The van der Waals surface area contributed by atoms with Gasteiger partial charge in [-0.2, -0.15) is 0 Å². The molecule has 5 heterocycles. The molecule has 0 radical (unpaired) electrons. The van der Waals surface area contributed by atoms with E-state index in [0.717, 1.165) is 44.1 Å². The highest BCUT2D eigenvalue weighted by Crippen LogP contribution is 2.44. The van der Waals surface area contributed by atoms with E-state index in [1.54, 1.807) is 55.2 Å². The highest BCUT2D eigenvalue weighted by molar-refractivity contribution is 6.01. The number of nitrogens with two attached hydrogens (primary N) is 2. The minimum Gasteiger partial charge on any atom is -0.480 e. The van der Waals surface area contributed by atoms with Gasteiger partial charge in [0.1, 0.15) is 61.0 Å². The van der Waals surface area contributed by atoms with Crippen molar-refractivity contribution in [2.24, 2.45) is 11.5 Å². The lowest BCUT2D eigenvalue weighted by Gasteiger charge is -2.28. The van der Waals surface area contributed by atoms with E-state index in [1.165, 1.54) is 13.8 Å². The van der Waals surface area contributed by atoms with Crippen LogP contribution in [0.2, 0.25) is 0 Å². The van der Waals surface area contributed by atoms with Gasteiger partial charge in [0.2, 0.25) is 47.3 Å². The molecule has 5 aromatic heterocycles. The Kier molecular flexibility index (Phi) is 26.6. The zero-order valence-corrected chi connectivity index (χ0v) is 65.9. The van der Waals surface area contributed by atoms with Crippen LogP contribution in [-0.2, 0) is 80.0 Å². The molecule has 0 spiro atoms. The zero-order chi connectivity index (χ0) is 84.5. The number of amides is 9. The molecule has 32 nitrogen and oxygen atoms in total. The molecule has 23 N–H and O–H groups in total. The second-order valence-corrected chi connectivity index (χ2v) is 30.0. The van der Waals surface area contributed by atoms with Crippen molar-refractivity contribution in [1.82, 2.24) is 83.4 Å². The molecule has 32 heteroatoms. The lowest BCUT2D eigenvalue weighted by molar-refractivity contribution is -0.141. The summed E-state index contributed by atoms with van der Waals surface area (Å²) >= 11 is 0. The molecular weight excluding hydrogens is 1530 g/mol. The standard InChI is InChI=1S/C88H96N20O12/c1-48(101-88(119)120-47-64-62-26-5-3-24-60(62)61-25-4-6-27-63(61)64)77(109)104-73(38-51-43-96-66-29-13-8-20-56(51)66)81(113)102-71(34-18-36-94-87(91)92)79(111)106-75(40-53-45-98-68-31-15-10-22-58(53)68)83(115)108-76(41-54-46-99-69-32-16-11-23-59(54)69)84(116)107-74(39-52-44-97-67-30-14-9-21-57(52)67)82(114)103-70(33-17-35-93-86(89)90)78(110)105-72(80(112)100-49(2)85(117)118)37-50-42-95-65-28-12-7-19-55(50)65/h3-16,19-32,42-46,48-49,64,70-76,95-99H,17-18,33-41,47H2,1-2H3,(H,100,112)(H,101,119)(H,102,113)(H,103,114)(H,104,109)(H,105,110)(H,106,111)(H,107,116)(H,108,115)(H,117,118)(H4,89,90,93)(H4,91,92,94)/t48-,49-,70-,71-,72-,73-,74-,75-,76-/m0/s1. The number of carboxylic acid groups (broad SMARTS) is 1. The summed E-state index contributed by atoms with van der Waals surface area (Å²) < 4.78 is 5.80. The second-order valence-electron chi connectivity index (χ2n) is 30.0. The zero-order valence-electron chi connectivity index (χ0n) is 65.9. The lowest BCUT2D eigenvalue weighted by atomic mass is 9.98. The number of aromatic nitrogens is 5. The van der Waals surface area contributed by atoms with Gasteiger partial charge >= 0.3 is 12.1 Å². The number of hydrogen-bond acceptors (Lipinski definition) is 13. The van der Waals surface area contributed by atoms with E-state index in [-0.39, 0.29) is 95.3 Å². The number of aromatic amines is 5. The van der Waals surface area contributed by atoms with Crippen LogP contribution in [0.3, 0.4) is 0 Å². The Morgan fingerprint density at radius 2 is 0.625 bits per heavy atom. The summed E-state index contributed by atoms with van der Waals surface area (Å²) in [5.41, 5.74) is 21.8. The van der Waals surface area contributed by atoms with E-state index in [0.29, 0.717) is 60.5 Å². The summed E-state index contributed by atoms with van der Waals surface area (Å²) in [6.45, 7) is 2.79. The molecule has 1 aliphatic rings. The van der Waals surface area contributed by atoms with Crippen LogP contribution in [-0.4, -0.2) is 175 Å². The van der Waals surface area contributed by atoms with Crippen molar-refractivity contribution >= 4 is 126 Å². The average molecular weight is 1630 g/mol. The minimum atomic E-state index is -1.57. The number of fused-ring (bicyclic) bond motifs is 8. The summed E-state index contributed by atoms with van der Waals surface area (Å²) in [6.07, 6.45) is 6.56. The van der Waals surface area contributed by atoms with Crippen LogP contribution in [0.4, 0.5) is 4.79 Å². The summed E-state index contributed by atoms with van der Waals surface area (Å²) in [6, 6.07) is 39.0. The third-order valence-electron chi connectivity index (χ3n) is 21.7. The molecule has 9 amide bonds. The Hall–Kier alpha value is -14.7. The van der Waals surface area contributed by atoms with Crippen molar-refractivity contribution in [3.8, 4) is 11.1 Å². The first kappa shape index (κ1) is 83.2. The molecule has 9 atom stereocenters. The highest BCUT2D eigenvalue weighted by atomic mass is 16.5. The first-order valence-corrected chi connectivity index (χ1v) is 39.7. The summed E-state index contributed by atoms with van der Waals surface area (Å²) in [4.78, 5) is 164. The van der Waals surface area contributed by atoms with E-state index < -0.39 is 114 Å². The monoisotopic (exact) mass is 1620 g/mol. The maximum atomic E-state index is 15.9. The fourth-order valence-electron chi connectivity index (χ4n) is 15.4. The van der Waals surface area contributed by atoms with Gasteiger partial charge in [0.25, 0.3) is 0 Å². The predicted octanol–water partition coefficient (Wildman–Crippen LogP) is 6.04. The number of para-hydroxylation sites is 5. The molecule has 0 unspecified atom stereocenters. The van der Waals surface area contributed by atoms with Gasteiger partial charge in [-0.15, -0.1) is 0 Å². The van der Waals surface area contributed by atoms with E-state index in [1.807, 2.05) is 146 Å². The van der Waals surface area contributed by atoms with Crippen LogP contribution in [0, 0.1) is 10.8 Å². The van der Waals surface area contributed by atoms with Crippen LogP contribution >= 0.6 is 0 Å². The topological polar surface area (TPSA) is 511 Å². The molecular formula is C88H96N20O12. The summed E-state index contributed by atoms with van der Waals surface area (Å²) in [5.74, 6) is -9.20. The Balaban J connectivity index is 0.793. The maximum Gasteiger partial charge on any atom is 0.407 e. The van der Waals surface area contributed by atoms with Gasteiger partial charge in [-0.25, -0.2) is 4.79 Å². The SMILES string of the molecule is C[C@H](NC(=O)[C@H](Cc1c[nH]c2ccccc12)NC(=O)[C@H](CCCNC(=N)N)NC(=O)[C@H](Cc1c[nH]c2ccccc12)NC(=O)[C@H](Cc1c[nH]c2ccccc12)NC(=O)[C@H](Cc1c[nH]c2ccccc12)NC(=O)[C@H](CCCNC(=N)N)NC(=O)[C@H](Cc1c[nH]c2ccccc12)NC(=O)[C@H](C)NC(=O)OCC1c2ccccc2-c2ccccc21)C(=O)O.